The van der Waals surface area contributed by atoms with Crippen LogP contribution in [-0.4, -0.2) is 12.3 Å². The van der Waals surface area contributed by atoms with E-state index in [0.717, 1.165) is 48.1 Å². The third kappa shape index (κ3) is 5.72. The lowest BCUT2D eigenvalue weighted by Gasteiger charge is -2.24. The lowest BCUT2D eigenvalue weighted by molar-refractivity contribution is 0.840. The van der Waals surface area contributed by atoms with Crippen molar-refractivity contribution in [2.75, 3.05) is 6.54 Å². The molecule has 2 heteroatoms. The molecule has 8 aromatic rings. The van der Waals surface area contributed by atoms with Crippen LogP contribution in [0.3, 0.4) is 0 Å². The topological polar surface area (TPSA) is 24.7 Å². The average molecular weight is 717 g/mol. The Labute approximate surface area is 327 Å². The van der Waals surface area contributed by atoms with Crippen LogP contribution in [-0.2, 0) is 6.42 Å². The number of nitrogens with zero attached hydrogens (tertiary/aromatic N) is 2. The molecule has 11 rings (SSSR count). The molecule has 0 saturated carbocycles. The van der Waals surface area contributed by atoms with Gasteiger partial charge in [0.2, 0.25) is 0 Å². The molecule has 0 N–H and O–H groups in total. The van der Waals surface area contributed by atoms with Crippen molar-refractivity contribution >= 4 is 55.9 Å². The first kappa shape index (κ1) is 32.8. The number of allylic oxidation sites excluding steroid dienone is 2. The highest BCUT2D eigenvalue weighted by molar-refractivity contribution is 6.20. The Balaban J connectivity index is 1.00. The van der Waals surface area contributed by atoms with Crippen molar-refractivity contribution in [1.29, 1.82) is 0 Å². The zero-order chi connectivity index (χ0) is 37.0. The highest BCUT2D eigenvalue weighted by atomic mass is 14.8. The van der Waals surface area contributed by atoms with Gasteiger partial charge in [-0.1, -0.05) is 164 Å². The number of fused-ring (bicyclic) bond motifs is 7. The van der Waals surface area contributed by atoms with Gasteiger partial charge in [-0.25, -0.2) is 0 Å². The molecular weight excluding hydrogens is 677 g/mol. The van der Waals surface area contributed by atoms with E-state index in [4.69, 9.17) is 9.98 Å². The van der Waals surface area contributed by atoms with Crippen molar-refractivity contribution < 1.29 is 0 Å². The van der Waals surface area contributed by atoms with Crippen molar-refractivity contribution in [3.05, 3.63) is 214 Å². The van der Waals surface area contributed by atoms with Crippen molar-refractivity contribution in [1.82, 2.24) is 0 Å². The van der Waals surface area contributed by atoms with E-state index >= 15 is 0 Å². The van der Waals surface area contributed by atoms with E-state index in [2.05, 4.69) is 182 Å². The third-order valence-electron chi connectivity index (χ3n) is 12.2. The molecule has 0 bridgehead atoms. The number of benzene rings is 8. The van der Waals surface area contributed by atoms with Crippen molar-refractivity contribution in [3.63, 3.8) is 0 Å². The number of rotatable bonds is 5. The summed E-state index contributed by atoms with van der Waals surface area (Å²) in [6, 6.07) is 58.1. The number of hydrogen-bond acceptors (Lipinski definition) is 2. The lowest BCUT2D eigenvalue weighted by Crippen LogP contribution is -2.30. The normalized spacial score (nSPS) is 17.4. The fraction of sp³-hybridized carbons (Fsp3) is 0.111. The number of para-hydroxylation sites is 1. The van der Waals surface area contributed by atoms with Gasteiger partial charge in [0.05, 0.1) is 17.6 Å². The summed E-state index contributed by atoms with van der Waals surface area (Å²) >= 11 is 0. The Morgan fingerprint density at radius 2 is 1.16 bits per heavy atom. The van der Waals surface area contributed by atoms with Gasteiger partial charge in [0.15, 0.2) is 0 Å². The molecule has 2 nitrogen and oxygen atoms in total. The summed E-state index contributed by atoms with van der Waals surface area (Å²) in [6.07, 6.45) is 12.4. The molecule has 2 aliphatic heterocycles. The first-order valence-electron chi connectivity index (χ1n) is 20.0. The smallest absolute Gasteiger partial charge is 0.0672 e. The molecule has 2 heterocycles. The molecule has 2 atom stereocenters. The van der Waals surface area contributed by atoms with Crippen molar-refractivity contribution in [2.24, 2.45) is 9.98 Å². The largest absolute Gasteiger partial charge is 0.284 e. The van der Waals surface area contributed by atoms with Gasteiger partial charge in [0.1, 0.15) is 0 Å². The van der Waals surface area contributed by atoms with Crippen LogP contribution >= 0.6 is 0 Å². The van der Waals surface area contributed by atoms with E-state index in [1.165, 1.54) is 76.5 Å². The van der Waals surface area contributed by atoms with E-state index < -0.39 is 0 Å². The predicted octanol–water partition coefficient (Wildman–Crippen LogP) is 12.0. The standard InChI is InChI=1S/C54H40N2/c1-4-14-44-39(11-1)30-50(48-18-8-6-16-46(44)48)37-25-21-35(22-26-37)42-32-53(38-27-23-36(24-28-38)43-29-41-13-3-10-20-52(41)55-34-43)56-54(33-42)51-31-40-12-2-5-15-45(40)47-17-7-9-19-49(47)51/h1-7,9-17,19-32,42-43H,8,18,33-34H2/t42-,43?/m1/s1. The van der Waals surface area contributed by atoms with Crippen LogP contribution in [0.2, 0.25) is 0 Å². The molecule has 266 valence electrons. The van der Waals surface area contributed by atoms with Crippen LogP contribution in [0.5, 0.6) is 0 Å². The monoisotopic (exact) mass is 716 g/mol. The fourth-order valence-electron chi connectivity index (χ4n) is 9.34. The van der Waals surface area contributed by atoms with Crippen LogP contribution < -0.4 is 10.6 Å². The van der Waals surface area contributed by atoms with E-state index in [1.54, 1.807) is 0 Å². The van der Waals surface area contributed by atoms with E-state index in [1.807, 2.05) is 0 Å². The van der Waals surface area contributed by atoms with Crippen molar-refractivity contribution in [3.8, 4) is 11.1 Å². The summed E-state index contributed by atoms with van der Waals surface area (Å²) in [7, 11) is 0. The van der Waals surface area contributed by atoms with Gasteiger partial charge in [0, 0.05) is 29.5 Å². The molecule has 1 unspecified atom stereocenters. The maximum atomic E-state index is 5.51. The zero-order valence-electron chi connectivity index (χ0n) is 31.2. The average Bonchev–Trinajstić information content (AvgIpc) is 3.28. The second kappa shape index (κ2) is 13.6. The highest BCUT2D eigenvalue weighted by Gasteiger charge is 2.24. The summed E-state index contributed by atoms with van der Waals surface area (Å²) in [5.41, 5.74) is 12.6. The Hall–Kier alpha value is -6.64. The molecular formula is C54H40N2. The van der Waals surface area contributed by atoms with Gasteiger partial charge in [0.25, 0.3) is 0 Å². The lowest BCUT2D eigenvalue weighted by atomic mass is 9.83. The van der Waals surface area contributed by atoms with Gasteiger partial charge in [-0.3, -0.25) is 9.98 Å². The molecule has 0 radical (unpaired) electrons. The maximum Gasteiger partial charge on any atom is 0.0672 e. The fourth-order valence-corrected chi connectivity index (χ4v) is 9.34. The molecule has 56 heavy (non-hydrogen) atoms. The molecule has 8 aromatic carbocycles. The second-order valence-electron chi connectivity index (χ2n) is 15.5. The predicted molar refractivity (Wildman–Crippen MR) is 236 cm³/mol. The number of aliphatic imine (C=N–C) groups is 1. The van der Waals surface area contributed by atoms with Crippen LogP contribution in [0.4, 0.5) is 0 Å². The van der Waals surface area contributed by atoms with Gasteiger partial charge >= 0.3 is 0 Å². The Kier molecular flexibility index (Phi) is 7.95. The molecule has 0 fully saturated rings. The summed E-state index contributed by atoms with van der Waals surface area (Å²) in [5.74, 6) is 0.435. The first-order chi connectivity index (χ1) is 27.7. The minimum Gasteiger partial charge on any atom is -0.284 e. The maximum absolute atomic E-state index is 5.51. The minimum absolute atomic E-state index is 0.173. The SMILES string of the molecule is C1=Cc2c(c(-c3ccc([C@@H]4C=C(c5ccc(C6C=c7ccccc7=NC6)cc5)N=C(c5cc6ccccc6c6ccccc56)C4)cc3)cc3ccccc23)CC1. The molecule has 0 amide bonds. The number of hydrogen-bond donors (Lipinski definition) is 0. The van der Waals surface area contributed by atoms with E-state index in [9.17, 15) is 0 Å². The summed E-state index contributed by atoms with van der Waals surface area (Å²) in [6.45, 7) is 0.771. The van der Waals surface area contributed by atoms with Crippen LogP contribution in [0.15, 0.2) is 180 Å². The summed E-state index contributed by atoms with van der Waals surface area (Å²) < 4.78 is 0. The molecule has 3 aliphatic rings. The highest BCUT2D eigenvalue weighted by Crippen LogP contribution is 2.40. The van der Waals surface area contributed by atoms with Gasteiger partial charge in [-0.2, -0.15) is 0 Å². The molecule has 0 aromatic heterocycles. The third-order valence-corrected chi connectivity index (χ3v) is 12.2. The van der Waals surface area contributed by atoms with Crippen molar-refractivity contribution in [2.45, 2.75) is 31.1 Å². The first-order valence-corrected chi connectivity index (χ1v) is 20.0. The molecule has 0 spiro atoms. The van der Waals surface area contributed by atoms with Gasteiger partial charge in [-0.05, 0) is 108 Å². The minimum atomic E-state index is 0.173. The van der Waals surface area contributed by atoms with E-state index in [0.29, 0.717) is 0 Å². The Bertz CT molecular complexity index is 3070. The zero-order valence-corrected chi connectivity index (χ0v) is 31.2. The second-order valence-corrected chi connectivity index (χ2v) is 15.5. The van der Waals surface area contributed by atoms with Gasteiger partial charge < -0.3 is 0 Å². The van der Waals surface area contributed by atoms with Crippen LogP contribution in [0.1, 0.15) is 58.1 Å². The Morgan fingerprint density at radius 1 is 0.518 bits per heavy atom. The Morgan fingerprint density at radius 3 is 1.98 bits per heavy atom. The van der Waals surface area contributed by atoms with E-state index in [-0.39, 0.29) is 11.8 Å². The molecule has 1 aliphatic carbocycles. The van der Waals surface area contributed by atoms with Crippen LogP contribution in [0, 0.1) is 0 Å². The molecule has 0 saturated heterocycles. The quantitative estimate of drug-likeness (QED) is 0.158. The summed E-state index contributed by atoms with van der Waals surface area (Å²) in [5, 5.41) is 9.99. The summed E-state index contributed by atoms with van der Waals surface area (Å²) in [4.78, 5) is 10.4. The van der Waals surface area contributed by atoms with Crippen LogP contribution in [0.25, 0.3) is 61.3 Å². The van der Waals surface area contributed by atoms with Gasteiger partial charge in [-0.15, -0.1) is 0 Å².